The van der Waals surface area contributed by atoms with Crippen LogP contribution in [0.3, 0.4) is 0 Å². The molecule has 0 atom stereocenters. The Morgan fingerprint density at radius 2 is 0.566 bits per heavy atom. The first-order valence-corrected chi connectivity index (χ1v) is 18.4. The first-order valence-electron chi connectivity index (χ1n) is 18.4. The molecule has 2 nitrogen and oxygen atoms in total. The highest BCUT2D eigenvalue weighted by atomic mass is 15.1. The Balaban J connectivity index is 1.28. The van der Waals surface area contributed by atoms with Crippen molar-refractivity contribution >= 4 is 34.1 Å². The van der Waals surface area contributed by atoms with Crippen LogP contribution in [0.2, 0.25) is 0 Å². The molecule has 0 saturated heterocycles. The van der Waals surface area contributed by atoms with Gasteiger partial charge in [0.2, 0.25) is 0 Å². The lowest BCUT2D eigenvalue weighted by atomic mass is 9.70. The van der Waals surface area contributed by atoms with Gasteiger partial charge in [0.25, 0.3) is 0 Å². The Kier molecular flexibility index (Phi) is 7.19. The highest BCUT2D eigenvalue weighted by Gasteiger charge is 2.52. The van der Waals surface area contributed by atoms with E-state index in [4.69, 9.17) is 0 Å². The van der Waals surface area contributed by atoms with Crippen LogP contribution in [0.25, 0.3) is 22.3 Å². The van der Waals surface area contributed by atoms with Crippen LogP contribution in [0.15, 0.2) is 194 Å². The van der Waals surface area contributed by atoms with Gasteiger partial charge in [0, 0.05) is 34.1 Å². The molecule has 0 heterocycles. The summed E-state index contributed by atoms with van der Waals surface area (Å²) in [5.41, 5.74) is 19.3. The summed E-state index contributed by atoms with van der Waals surface area (Å²) in [7, 11) is 0. The lowest BCUT2D eigenvalue weighted by molar-refractivity contribution is 0.791. The van der Waals surface area contributed by atoms with Gasteiger partial charge in [-0.1, -0.05) is 132 Å². The quantitative estimate of drug-likeness (QED) is 0.173. The minimum absolute atomic E-state index is 0.516. The highest BCUT2D eigenvalue weighted by molar-refractivity contribution is 5.97. The van der Waals surface area contributed by atoms with E-state index < -0.39 is 5.41 Å². The van der Waals surface area contributed by atoms with E-state index in [1.807, 2.05) is 0 Å². The number of hydrogen-bond acceptors (Lipinski definition) is 2. The van der Waals surface area contributed by atoms with Crippen molar-refractivity contribution in [3.63, 3.8) is 0 Å². The molecule has 2 aliphatic carbocycles. The number of anilines is 6. The van der Waals surface area contributed by atoms with Crippen molar-refractivity contribution < 1.29 is 0 Å². The molecule has 0 radical (unpaired) electrons. The first-order chi connectivity index (χ1) is 26.1. The van der Waals surface area contributed by atoms with Gasteiger partial charge in [-0.3, -0.25) is 0 Å². The number of nitrogens with zero attached hydrogens (tertiary/aromatic N) is 2. The van der Waals surface area contributed by atoms with Gasteiger partial charge >= 0.3 is 0 Å². The van der Waals surface area contributed by atoms with Crippen molar-refractivity contribution in [1.29, 1.82) is 0 Å². The Labute approximate surface area is 311 Å². The van der Waals surface area contributed by atoms with Gasteiger partial charge in [0.1, 0.15) is 0 Å². The summed E-state index contributed by atoms with van der Waals surface area (Å²) in [6.07, 6.45) is 0. The molecule has 0 amide bonds. The van der Waals surface area contributed by atoms with Gasteiger partial charge in [-0.15, -0.1) is 0 Å². The number of hydrogen-bond donors (Lipinski definition) is 0. The van der Waals surface area contributed by atoms with Crippen molar-refractivity contribution in [2.45, 2.75) is 19.3 Å². The first kappa shape index (κ1) is 31.1. The third-order valence-electron chi connectivity index (χ3n) is 11.1. The van der Waals surface area contributed by atoms with Crippen molar-refractivity contribution in [3.05, 3.63) is 228 Å². The monoisotopic (exact) mass is 678 g/mol. The molecule has 0 aromatic heterocycles. The van der Waals surface area contributed by atoms with E-state index in [0.717, 1.165) is 34.1 Å². The zero-order chi connectivity index (χ0) is 35.5. The summed E-state index contributed by atoms with van der Waals surface area (Å²) in [5.74, 6) is 0. The van der Waals surface area contributed by atoms with Gasteiger partial charge in [-0.05, 0) is 131 Å². The number of fused-ring (bicyclic) bond motifs is 10. The Bertz CT molecular complexity index is 2360. The van der Waals surface area contributed by atoms with Crippen molar-refractivity contribution in [1.82, 2.24) is 0 Å². The van der Waals surface area contributed by atoms with Gasteiger partial charge < -0.3 is 9.80 Å². The topological polar surface area (TPSA) is 6.48 Å². The van der Waals surface area contributed by atoms with Crippen LogP contribution in [-0.4, -0.2) is 0 Å². The summed E-state index contributed by atoms with van der Waals surface area (Å²) in [5, 5.41) is 0. The standard InChI is InChI=1S/C51H38N2/c1-35-23-27-43-45-29-25-41(52(37-15-7-3-8-16-37)38-17-9-4-10-18-38)33-49(45)51(47(43)31-35)48-32-36(2)24-28-44(48)46-30-26-42(34-50(46)51)53(39-19-11-5-12-20-39)40-21-13-6-14-22-40/h3-34H,1-2H3. The van der Waals surface area contributed by atoms with Gasteiger partial charge in [-0.25, -0.2) is 0 Å². The molecule has 0 unspecified atom stereocenters. The Hall–Kier alpha value is -6.64. The summed E-state index contributed by atoms with van der Waals surface area (Å²) < 4.78 is 0. The van der Waals surface area contributed by atoms with Crippen molar-refractivity contribution in [2.75, 3.05) is 9.80 Å². The van der Waals surface area contributed by atoms with Gasteiger partial charge in [0.15, 0.2) is 0 Å². The molecule has 53 heavy (non-hydrogen) atoms. The second-order valence-electron chi connectivity index (χ2n) is 14.3. The van der Waals surface area contributed by atoms with Gasteiger partial charge in [-0.2, -0.15) is 0 Å². The smallest absolute Gasteiger partial charge is 0.0727 e. The summed E-state index contributed by atoms with van der Waals surface area (Å²) >= 11 is 0. The number of aryl methyl sites for hydroxylation is 2. The van der Waals surface area contributed by atoms with Crippen LogP contribution in [0.1, 0.15) is 33.4 Å². The van der Waals surface area contributed by atoms with E-state index in [1.54, 1.807) is 0 Å². The second kappa shape index (κ2) is 12.3. The zero-order valence-corrected chi connectivity index (χ0v) is 29.9. The third kappa shape index (κ3) is 4.80. The van der Waals surface area contributed by atoms with Crippen molar-refractivity contribution in [2.24, 2.45) is 0 Å². The lowest BCUT2D eigenvalue weighted by Crippen LogP contribution is -2.27. The predicted molar refractivity (Wildman–Crippen MR) is 222 cm³/mol. The molecule has 0 bridgehead atoms. The average Bonchev–Trinajstić information content (AvgIpc) is 3.65. The molecule has 10 rings (SSSR count). The molecule has 8 aromatic carbocycles. The van der Waals surface area contributed by atoms with E-state index in [-0.39, 0.29) is 0 Å². The van der Waals surface area contributed by atoms with Crippen LogP contribution >= 0.6 is 0 Å². The lowest BCUT2D eigenvalue weighted by Gasteiger charge is -2.33. The van der Waals surface area contributed by atoms with E-state index >= 15 is 0 Å². The Morgan fingerprint density at radius 3 is 0.887 bits per heavy atom. The number of para-hydroxylation sites is 4. The van der Waals surface area contributed by atoms with Gasteiger partial charge in [0.05, 0.1) is 5.41 Å². The average molecular weight is 679 g/mol. The summed E-state index contributed by atoms with van der Waals surface area (Å²) in [4.78, 5) is 4.77. The van der Waals surface area contributed by atoms with E-state index in [0.29, 0.717) is 0 Å². The largest absolute Gasteiger partial charge is 0.310 e. The van der Waals surface area contributed by atoms with Crippen LogP contribution < -0.4 is 9.80 Å². The zero-order valence-electron chi connectivity index (χ0n) is 29.9. The van der Waals surface area contributed by atoms with Crippen LogP contribution in [0.5, 0.6) is 0 Å². The molecule has 2 aliphatic rings. The third-order valence-corrected chi connectivity index (χ3v) is 11.1. The van der Waals surface area contributed by atoms with E-state index in [9.17, 15) is 0 Å². The maximum absolute atomic E-state index is 2.48. The number of benzene rings is 8. The van der Waals surface area contributed by atoms with E-state index in [2.05, 4.69) is 218 Å². The molecule has 2 heteroatoms. The molecule has 0 saturated carbocycles. The minimum atomic E-state index is -0.516. The molecular weight excluding hydrogens is 641 g/mol. The maximum atomic E-state index is 2.48. The fourth-order valence-corrected chi connectivity index (χ4v) is 8.91. The molecule has 0 N–H and O–H groups in total. The van der Waals surface area contributed by atoms with Crippen LogP contribution in [0, 0.1) is 13.8 Å². The van der Waals surface area contributed by atoms with Crippen LogP contribution in [-0.2, 0) is 5.41 Å². The molecular formula is C51H38N2. The SMILES string of the molecule is Cc1ccc2c(c1)C1(c3cc(C)ccc3-c3ccc(N(c4ccccc4)c4ccccc4)cc31)c1cc(N(c3ccccc3)c3ccccc3)ccc1-2. The molecule has 1 spiro atoms. The second-order valence-corrected chi connectivity index (χ2v) is 14.3. The highest BCUT2D eigenvalue weighted by Crippen LogP contribution is 2.64. The fourth-order valence-electron chi connectivity index (χ4n) is 8.91. The molecule has 8 aromatic rings. The normalized spacial score (nSPS) is 12.9. The maximum Gasteiger partial charge on any atom is 0.0727 e. The number of rotatable bonds is 6. The summed E-state index contributed by atoms with van der Waals surface area (Å²) in [6, 6.07) is 71.3. The Morgan fingerprint density at radius 1 is 0.283 bits per heavy atom. The molecule has 0 aliphatic heterocycles. The van der Waals surface area contributed by atoms with Crippen molar-refractivity contribution in [3.8, 4) is 22.3 Å². The fraction of sp³-hybridized carbons (Fsp3) is 0.0588. The predicted octanol–water partition coefficient (Wildman–Crippen LogP) is 13.6. The molecule has 0 fully saturated rings. The summed E-state index contributed by atoms with van der Waals surface area (Å²) in [6.45, 7) is 4.45. The minimum Gasteiger partial charge on any atom is -0.310 e. The van der Waals surface area contributed by atoms with E-state index in [1.165, 1.54) is 55.6 Å². The molecule has 252 valence electrons. The van der Waals surface area contributed by atoms with Crippen LogP contribution in [0.4, 0.5) is 34.1 Å².